The highest BCUT2D eigenvalue weighted by molar-refractivity contribution is 5.92. The molecule has 10 heteroatoms. The summed E-state index contributed by atoms with van der Waals surface area (Å²) >= 11 is 0. The van der Waals surface area contributed by atoms with Gasteiger partial charge in [-0.05, 0) is 24.8 Å². The minimum atomic E-state index is -1.19. The van der Waals surface area contributed by atoms with Gasteiger partial charge in [-0.25, -0.2) is 4.79 Å². The molecule has 0 fully saturated rings. The number of amides is 3. The smallest absolute Gasteiger partial charge is 0.326 e. The summed E-state index contributed by atoms with van der Waals surface area (Å²) in [4.78, 5) is 48.4. The lowest BCUT2D eigenvalue weighted by Crippen LogP contribution is -2.55. The van der Waals surface area contributed by atoms with E-state index in [2.05, 4.69) is 16.0 Å². The van der Waals surface area contributed by atoms with E-state index in [4.69, 9.17) is 5.73 Å². The molecular weight excluding hydrogens is 404 g/mol. The van der Waals surface area contributed by atoms with Crippen molar-refractivity contribution in [1.29, 1.82) is 0 Å². The molecule has 10 nitrogen and oxygen atoms in total. The van der Waals surface area contributed by atoms with Crippen molar-refractivity contribution in [1.82, 2.24) is 16.0 Å². The molecular formula is C21H32N4O6. The molecule has 0 aliphatic rings. The quantitative estimate of drug-likeness (QED) is 0.248. The number of benzene rings is 1. The second-order valence-corrected chi connectivity index (χ2v) is 7.82. The number of hydrogen-bond donors (Lipinski definition) is 6. The first-order valence-corrected chi connectivity index (χ1v) is 10.1. The first-order chi connectivity index (χ1) is 14.5. The van der Waals surface area contributed by atoms with Gasteiger partial charge in [0.15, 0.2) is 0 Å². The van der Waals surface area contributed by atoms with E-state index in [9.17, 15) is 29.4 Å². The summed E-state index contributed by atoms with van der Waals surface area (Å²) in [6.45, 7) is 4.57. The molecule has 0 bridgehead atoms. The zero-order valence-electron chi connectivity index (χ0n) is 18.0. The molecule has 1 aromatic rings. The maximum absolute atomic E-state index is 12.8. The number of carboxylic acids is 1. The summed E-state index contributed by atoms with van der Waals surface area (Å²) in [6, 6.07) is 5.59. The molecule has 172 valence electrons. The standard InChI is InChI=1S/C21H32N4O6/c1-12(2)9-16(21(30)31)25-19(28)15(10-14-7-5-4-6-8-14)24-17(27)11-23-20(29)18(22)13(3)26/h4-8,12-13,15-16,18,26H,9-11,22H2,1-3H3,(H,23,29)(H,24,27)(H,25,28)(H,30,31). The van der Waals surface area contributed by atoms with Crippen LogP contribution in [-0.4, -0.2) is 64.7 Å². The molecule has 1 aromatic carbocycles. The average Bonchev–Trinajstić information content (AvgIpc) is 2.70. The minimum absolute atomic E-state index is 0.0388. The van der Waals surface area contributed by atoms with Crippen LogP contribution in [-0.2, 0) is 25.6 Å². The van der Waals surface area contributed by atoms with Crippen LogP contribution < -0.4 is 21.7 Å². The fourth-order valence-electron chi connectivity index (χ4n) is 2.77. The molecule has 0 aliphatic carbocycles. The highest BCUT2D eigenvalue weighted by atomic mass is 16.4. The van der Waals surface area contributed by atoms with E-state index in [1.165, 1.54) is 6.92 Å². The summed E-state index contributed by atoms with van der Waals surface area (Å²) < 4.78 is 0. The molecule has 1 rings (SSSR count). The van der Waals surface area contributed by atoms with Crippen LogP contribution in [0.1, 0.15) is 32.8 Å². The van der Waals surface area contributed by atoms with Crippen molar-refractivity contribution in [2.24, 2.45) is 11.7 Å². The molecule has 0 aromatic heterocycles. The Kier molecular flexibility index (Phi) is 10.6. The molecule has 0 saturated heterocycles. The molecule has 4 unspecified atom stereocenters. The number of nitrogens with one attached hydrogen (secondary N) is 3. The third-order valence-electron chi connectivity index (χ3n) is 4.50. The van der Waals surface area contributed by atoms with E-state index < -0.39 is 54.5 Å². The first-order valence-electron chi connectivity index (χ1n) is 10.1. The van der Waals surface area contributed by atoms with Crippen LogP contribution in [0.3, 0.4) is 0 Å². The number of rotatable bonds is 12. The van der Waals surface area contributed by atoms with Gasteiger partial charge in [0.1, 0.15) is 18.1 Å². The van der Waals surface area contributed by atoms with Crippen LogP contribution in [0, 0.1) is 5.92 Å². The van der Waals surface area contributed by atoms with Gasteiger partial charge in [0.25, 0.3) is 0 Å². The Bertz CT molecular complexity index is 753. The Morgan fingerprint density at radius 1 is 0.968 bits per heavy atom. The Hall–Kier alpha value is -2.98. The Labute approximate surface area is 181 Å². The monoisotopic (exact) mass is 436 g/mol. The summed E-state index contributed by atoms with van der Waals surface area (Å²) in [5.74, 6) is -3.13. The van der Waals surface area contributed by atoms with Crippen LogP contribution in [0.2, 0.25) is 0 Å². The molecule has 0 radical (unpaired) electrons. The topological polar surface area (TPSA) is 171 Å². The number of aliphatic hydroxyl groups is 1. The normalized spacial score (nSPS) is 14.8. The fraction of sp³-hybridized carbons (Fsp3) is 0.524. The fourth-order valence-corrected chi connectivity index (χ4v) is 2.77. The molecule has 0 spiro atoms. The van der Waals surface area contributed by atoms with Crippen molar-refractivity contribution in [3.8, 4) is 0 Å². The number of carboxylic acid groups (broad SMARTS) is 1. The summed E-state index contributed by atoms with van der Waals surface area (Å²) in [5.41, 5.74) is 6.27. The van der Waals surface area contributed by atoms with E-state index in [1.807, 2.05) is 13.8 Å². The molecule has 7 N–H and O–H groups in total. The number of aliphatic carboxylic acids is 1. The second kappa shape index (κ2) is 12.7. The largest absolute Gasteiger partial charge is 0.480 e. The van der Waals surface area contributed by atoms with Crippen LogP contribution in [0.5, 0.6) is 0 Å². The highest BCUT2D eigenvalue weighted by Gasteiger charge is 2.27. The lowest BCUT2D eigenvalue weighted by Gasteiger charge is -2.23. The van der Waals surface area contributed by atoms with Crippen molar-refractivity contribution in [3.63, 3.8) is 0 Å². The molecule has 0 saturated carbocycles. The van der Waals surface area contributed by atoms with Gasteiger partial charge in [0.2, 0.25) is 17.7 Å². The third-order valence-corrected chi connectivity index (χ3v) is 4.50. The highest BCUT2D eigenvalue weighted by Crippen LogP contribution is 2.08. The van der Waals surface area contributed by atoms with Gasteiger partial charge in [-0.2, -0.15) is 0 Å². The van der Waals surface area contributed by atoms with Crippen LogP contribution in [0.15, 0.2) is 30.3 Å². The van der Waals surface area contributed by atoms with E-state index >= 15 is 0 Å². The average molecular weight is 437 g/mol. The summed E-state index contributed by atoms with van der Waals surface area (Å²) in [7, 11) is 0. The van der Waals surface area contributed by atoms with Crippen LogP contribution >= 0.6 is 0 Å². The first kappa shape index (κ1) is 26.1. The Morgan fingerprint density at radius 3 is 2.10 bits per heavy atom. The second-order valence-electron chi connectivity index (χ2n) is 7.82. The third kappa shape index (κ3) is 9.58. The van der Waals surface area contributed by atoms with Crippen LogP contribution in [0.25, 0.3) is 0 Å². The lowest BCUT2D eigenvalue weighted by atomic mass is 10.0. The predicted molar refractivity (Wildman–Crippen MR) is 114 cm³/mol. The summed E-state index contributed by atoms with van der Waals surface area (Å²) in [6.07, 6.45) is -0.720. The lowest BCUT2D eigenvalue weighted by molar-refractivity contribution is -0.142. The van der Waals surface area contributed by atoms with Crippen molar-refractivity contribution in [2.75, 3.05) is 6.54 Å². The van der Waals surface area contributed by atoms with Crippen molar-refractivity contribution in [2.45, 2.75) is 57.8 Å². The Balaban J connectivity index is 2.85. The van der Waals surface area contributed by atoms with Crippen molar-refractivity contribution in [3.05, 3.63) is 35.9 Å². The van der Waals surface area contributed by atoms with Gasteiger partial charge < -0.3 is 31.9 Å². The van der Waals surface area contributed by atoms with Gasteiger partial charge in [-0.1, -0.05) is 44.2 Å². The molecule has 3 amide bonds. The number of carbonyl (C=O) groups excluding carboxylic acids is 3. The number of nitrogens with two attached hydrogens (primary N) is 1. The molecule has 0 heterocycles. The zero-order chi connectivity index (χ0) is 23.6. The van der Waals surface area contributed by atoms with Crippen molar-refractivity contribution < 1.29 is 29.4 Å². The van der Waals surface area contributed by atoms with Crippen molar-refractivity contribution >= 4 is 23.7 Å². The van der Waals surface area contributed by atoms with Gasteiger partial charge in [-0.3, -0.25) is 14.4 Å². The molecule has 0 aliphatic heterocycles. The molecule has 4 atom stereocenters. The maximum Gasteiger partial charge on any atom is 0.326 e. The summed E-state index contributed by atoms with van der Waals surface area (Å²) in [5, 5.41) is 26.0. The minimum Gasteiger partial charge on any atom is -0.480 e. The van der Waals surface area contributed by atoms with Gasteiger partial charge >= 0.3 is 5.97 Å². The number of carbonyl (C=O) groups is 4. The van der Waals surface area contributed by atoms with Gasteiger partial charge in [0, 0.05) is 6.42 Å². The maximum atomic E-state index is 12.8. The number of hydrogen-bond acceptors (Lipinski definition) is 6. The van der Waals surface area contributed by atoms with E-state index in [-0.39, 0.29) is 18.8 Å². The van der Waals surface area contributed by atoms with E-state index in [0.29, 0.717) is 0 Å². The number of aliphatic hydroxyl groups excluding tert-OH is 1. The van der Waals surface area contributed by atoms with Gasteiger partial charge in [-0.15, -0.1) is 0 Å². The van der Waals surface area contributed by atoms with E-state index in [1.54, 1.807) is 30.3 Å². The predicted octanol–water partition coefficient (Wildman–Crippen LogP) is -0.846. The van der Waals surface area contributed by atoms with Gasteiger partial charge in [0.05, 0.1) is 12.6 Å². The van der Waals surface area contributed by atoms with Crippen LogP contribution in [0.4, 0.5) is 0 Å². The zero-order valence-corrected chi connectivity index (χ0v) is 18.0. The van der Waals surface area contributed by atoms with E-state index in [0.717, 1.165) is 5.56 Å². The SMILES string of the molecule is CC(C)CC(NC(=O)C(Cc1ccccc1)NC(=O)CNC(=O)C(N)C(C)O)C(=O)O. The molecule has 31 heavy (non-hydrogen) atoms. The Morgan fingerprint density at radius 2 is 1.58 bits per heavy atom.